The van der Waals surface area contributed by atoms with Gasteiger partial charge in [0.2, 0.25) is 11.8 Å². The number of likely N-dealkylation sites (tertiary alicyclic amines) is 1. The molecule has 1 atom stereocenters. The summed E-state index contributed by atoms with van der Waals surface area (Å²) < 4.78 is 5.20. The predicted molar refractivity (Wildman–Crippen MR) is 88.5 cm³/mol. The van der Waals surface area contributed by atoms with Crippen LogP contribution in [0.3, 0.4) is 0 Å². The van der Waals surface area contributed by atoms with Crippen LogP contribution in [0.15, 0.2) is 25.0 Å². The number of methoxy groups -OCH3 is 1. The average molecular weight is 316 g/mol. The first-order valence-electron chi connectivity index (χ1n) is 8.21. The van der Waals surface area contributed by atoms with E-state index >= 15 is 0 Å². The van der Waals surface area contributed by atoms with Gasteiger partial charge in [0.25, 0.3) is 0 Å². The average Bonchev–Trinajstić information content (AvgIpc) is 2.59. The van der Waals surface area contributed by atoms with Gasteiger partial charge in [-0.25, -0.2) is 9.97 Å². The van der Waals surface area contributed by atoms with Gasteiger partial charge in [-0.1, -0.05) is 6.08 Å². The summed E-state index contributed by atoms with van der Waals surface area (Å²) in [5.41, 5.74) is -0.0973. The van der Waals surface area contributed by atoms with Gasteiger partial charge >= 0.3 is 0 Å². The Bertz CT molecular complexity index is 588. The maximum Gasteiger partial charge on any atom is 0.223 e. The predicted octanol–water partition coefficient (Wildman–Crippen LogP) is 2.02. The summed E-state index contributed by atoms with van der Waals surface area (Å²) in [4.78, 5) is 25.2. The van der Waals surface area contributed by atoms with Crippen molar-refractivity contribution >= 4 is 11.7 Å². The third-order valence-corrected chi connectivity index (χ3v) is 4.93. The SMILES string of the molecule is C=CCN1C(=O)CCCC12CCCN(c1cc(OC)ncn1)C2. The second-order valence-corrected chi connectivity index (χ2v) is 6.31. The molecule has 0 aliphatic carbocycles. The first kappa shape index (κ1) is 15.8. The van der Waals surface area contributed by atoms with Crippen LogP contribution in [0.5, 0.6) is 5.88 Å². The summed E-state index contributed by atoms with van der Waals surface area (Å²) in [5.74, 6) is 1.68. The van der Waals surface area contributed by atoms with Crippen LogP contribution in [0.4, 0.5) is 5.82 Å². The van der Waals surface area contributed by atoms with Gasteiger partial charge in [0.15, 0.2) is 0 Å². The number of hydrogen-bond acceptors (Lipinski definition) is 5. The van der Waals surface area contributed by atoms with E-state index in [1.165, 1.54) is 6.33 Å². The van der Waals surface area contributed by atoms with E-state index in [9.17, 15) is 4.79 Å². The van der Waals surface area contributed by atoms with E-state index < -0.39 is 0 Å². The molecule has 6 heteroatoms. The number of nitrogens with zero attached hydrogens (tertiary/aromatic N) is 4. The molecule has 2 aliphatic rings. The van der Waals surface area contributed by atoms with E-state index in [1.54, 1.807) is 7.11 Å². The Morgan fingerprint density at radius 2 is 2.22 bits per heavy atom. The number of piperidine rings is 2. The molecule has 1 spiro atoms. The Morgan fingerprint density at radius 1 is 1.39 bits per heavy atom. The standard InChI is InChI=1S/C17H24N4O2/c1-3-9-21-16(22)6-4-7-17(21)8-5-10-20(12-17)14-11-15(23-2)19-13-18-14/h3,11,13H,1,4-10,12H2,2H3. The van der Waals surface area contributed by atoms with Gasteiger partial charge in [0.1, 0.15) is 12.1 Å². The summed E-state index contributed by atoms with van der Waals surface area (Å²) >= 11 is 0. The number of hydrogen-bond donors (Lipinski definition) is 0. The van der Waals surface area contributed by atoms with Crippen molar-refractivity contribution in [2.75, 3.05) is 31.6 Å². The van der Waals surface area contributed by atoms with Gasteiger partial charge in [0, 0.05) is 32.1 Å². The summed E-state index contributed by atoms with van der Waals surface area (Å²) in [5, 5.41) is 0. The minimum atomic E-state index is -0.0973. The van der Waals surface area contributed by atoms with Crippen molar-refractivity contribution in [3.05, 3.63) is 25.0 Å². The van der Waals surface area contributed by atoms with Gasteiger partial charge in [0.05, 0.1) is 12.6 Å². The topological polar surface area (TPSA) is 58.6 Å². The van der Waals surface area contributed by atoms with Gasteiger partial charge in [-0.3, -0.25) is 4.79 Å². The molecule has 23 heavy (non-hydrogen) atoms. The minimum absolute atomic E-state index is 0.0973. The number of aromatic nitrogens is 2. The number of amides is 1. The molecule has 124 valence electrons. The monoisotopic (exact) mass is 316 g/mol. The molecule has 1 amide bonds. The smallest absolute Gasteiger partial charge is 0.223 e. The highest BCUT2D eigenvalue weighted by atomic mass is 16.5. The second-order valence-electron chi connectivity index (χ2n) is 6.31. The molecule has 2 aliphatic heterocycles. The maximum absolute atomic E-state index is 12.4. The third-order valence-electron chi connectivity index (χ3n) is 4.93. The van der Waals surface area contributed by atoms with E-state index in [4.69, 9.17) is 4.74 Å². The molecule has 2 saturated heterocycles. The lowest BCUT2D eigenvalue weighted by Gasteiger charge is -2.52. The highest BCUT2D eigenvalue weighted by molar-refractivity contribution is 5.78. The largest absolute Gasteiger partial charge is 0.481 e. The van der Waals surface area contributed by atoms with Crippen molar-refractivity contribution in [3.8, 4) is 5.88 Å². The number of carbonyl (C=O) groups excluding carboxylic acids is 1. The molecular formula is C17H24N4O2. The Balaban J connectivity index is 1.86. The van der Waals surface area contributed by atoms with E-state index in [0.29, 0.717) is 18.8 Å². The van der Waals surface area contributed by atoms with Crippen molar-refractivity contribution in [2.24, 2.45) is 0 Å². The van der Waals surface area contributed by atoms with Crippen LogP contribution < -0.4 is 9.64 Å². The minimum Gasteiger partial charge on any atom is -0.481 e. The molecule has 1 unspecified atom stereocenters. The molecule has 6 nitrogen and oxygen atoms in total. The van der Waals surface area contributed by atoms with Gasteiger partial charge < -0.3 is 14.5 Å². The fraction of sp³-hybridized carbons (Fsp3) is 0.588. The first-order chi connectivity index (χ1) is 11.2. The molecule has 0 aromatic carbocycles. The summed E-state index contributed by atoms with van der Waals surface area (Å²) in [6, 6.07) is 1.86. The number of ether oxygens (including phenoxy) is 1. The lowest BCUT2D eigenvalue weighted by atomic mass is 9.79. The molecule has 3 rings (SSSR count). The molecule has 0 N–H and O–H groups in total. The lowest BCUT2D eigenvalue weighted by Crippen LogP contribution is -2.62. The maximum atomic E-state index is 12.4. The fourth-order valence-corrected chi connectivity index (χ4v) is 3.87. The molecule has 0 bridgehead atoms. The Kier molecular flexibility index (Phi) is 4.50. The highest BCUT2D eigenvalue weighted by Gasteiger charge is 2.44. The fourth-order valence-electron chi connectivity index (χ4n) is 3.87. The van der Waals surface area contributed by atoms with Gasteiger partial charge in [-0.2, -0.15) is 0 Å². The van der Waals surface area contributed by atoms with E-state index in [0.717, 1.165) is 44.6 Å². The van der Waals surface area contributed by atoms with Crippen LogP contribution in [0, 0.1) is 0 Å². The summed E-state index contributed by atoms with van der Waals surface area (Å²) in [6.07, 6.45) is 8.12. The van der Waals surface area contributed by atoms with E-state index in [1.807, 2.05) is 17.0 Å². The van der Waals surface area contributed by atoms with E-state index in [2.05, 4.69) is 21.4 Å². The van der Waals surface area contributed by atoms with Gasteiger partial charge in [-0.15, -0.1) is 6.58 Å². The molecular weight excluding hydrogens is 292 g/mol. The molecule has 1 aromatic rings. The first-order valence-corrected chi connectivity index (χ1v) is 8.21. The molecule has 0 saturated carbocycles. The second kappa shape index (κ2) is 6.56. The van der Waals surface area contributed by atoms with Crippen molar-refractivity contribution < 1.29 is 9.53 Å². The van der Waals surface area contributed by atoms with Crippen LogP contribution >= 0.6 is 0 Å². The zero-order valence-electron chi connectivity index (χ0n) is 13.7. The third kappa shape index (κ3) is 3.02. The molecule has 1 aromatic heterocycles. The van der Waals surface area contributed by atoms with E-state index in [-0.39, 0.29) is 11.4 Å². The van der Waals surface area contributed by atoms with Crippen molar-refractivity contribution in [1.82, 2.24) is 14.9 Å². The molecule has 2 fully saturated rings. The Labute approximate surface area is 137 Å². The Morgan fingerprint density at radius 3 is 3.00 bits per heavy atom. The summed E-state index contributed by atoms with van der Waals surface area (Å²) in [7, 11) is 1.61. The van der Waals surface area contributed by atoms with Crippen LogP contribution in [0.25, 0.3) is 0 Å². The molecule has 3 heterocycles. The Hall–Kier alpha value is -2.11. The normalized spacial score (nSPS) is 24.8. The van der Waals surface area contributed by atoms with Crippen molar-refractivity contribution in [3.63, 3.8) is 0 Å². The number of anilines is 1. The van der Waals surface area contributed by atoms with Crippen LogP contribution in [0.1, 0.15) is 32.1 Å². The molecule has 0 radical (unpaired) electrons. The van der Waals surface area contributed by atoms with Crippen LogP contribution in [0.2, 0.25) is 0 Å². The zero-order valence-corrected chi connectivity index (χ0v) is 13.7. The van der Waals surface area contributed by atoms with Crippen molar-refractivity contribution in [2.45, 2.75) is 37.6 Å². The zero-order chi connectivity index (χ0) is 16.3. The number of carbonyl (C=O) groups is 1. The number of rotatable bonds is 4. The van der Waals surface area contributed by atoms with Crippen LogP contribution in [-0.4, -0.2) is 53.1 Å². The summed E-state index contributed by atoms with van der Waals surface area (Å²) in [6.45, 7) is 6.20. The van der Waals surface area contributed by atoms with Gasteiger partial charge in [-0.05, 0) is 25.7 Å². The quantitative estimate of drug-likeness (QED) is 0.796. The highest BCUT2D eigenvalue weighted by Crippen LogP contribution is 2.37. The van der Waals surface area contributed by atoms with Crippen LogP contribution in [-0.2, 0) is 4.79 Å². The lowest BCUT2D eigenvalue weighted by molar-refractivity contribution is -0.141. The van der Waals surface area contributed by atoms with Crippen molar-refractivity contribution in [1.29, 1.82) is 0 Å².